The number of rotatable bonds is 5. The summed E-state index contributed by atoms with van der Waals surface area (Å²) in [7, 11) is 5.02. The minimum Gasteiger partial charge on any atom is -0.480 e. The molecule has 0 aliphatic carbocycles. The van der Waals surface area contributed by atoms with Gasteiger partial charge in [0, 0.05) is 0 Å². The van der Waals surface area contributed by atoms with Gasteiger partial charge in [0.05, 0.1) is 26.5 Å². The van der Waals surface area contributed by atoms with Gasteiger partial charge in [0.2, 0.25) is 11.8 Å². The molecule has 2 rings (SSSR count). The number of aryl methyl sites for hydroxylation is 1. The first kappa shape index (κ1) is 14.3. The van der Waals surface area contributed by atoms with Gasteiger partial charge in [0.25, 0.3) is 0 Å². The van der Waals surface area contributed by atoms with E-state index >= 15 is 0 Å². The van der Waals surface area contributed by atoms with Gasteiger partial charge in [-0.1, -0.05) is 29.8 Å². The summed E-state index contributed by atoms with van der Waals surface area (Å²) in [5.41, 5.74) is 3.06. The maximum Gasteiger partial charge on any atom is 0.240 e. The van der Waals surface area contributed by atoms with Crippen molar-refractivity contribution in [3.05, 3.63) is 47.3 Å². The molecule has 0 amide bonds. The maximum atomic E-state index is 5.32. The number of hydrogen-bond donors (Lipinski definition) is 1. The number of aromatic nitrogens is 2. The van der Waals surface area contributed by atoms with E-state index in [9.17, 15) is 0 Å². The minimum absolute atomic E-state index is 0.0797. The van der Waals surface area contributed by atoms with Gasteiger partial charge in [-0.05, 0) is 19.5 Å². The van der Waals surface area contributed by atoms with Crippen LogP contribution in [-0.4, -0.2) is 31.2 Å². The lowest BCUT2D eigenvalue weighted by Gasteiger charge is -2.18. The van der Waals surface area contributed by atoms with E-state index in [0.29, 0.717) is 11.8 Å². The van der Waals surface area contributed by atoms with E-state index in [2.05, 4.69) is 46.5 Å². The number of methoxy groups -OCH3 is 2. The molecule has 0 aliphatic rings. The highest BCUT2D eigenvalue weighted by Gasteiger charge is 2.20. The number of benzene rings is 1. The van der Waals surface area contributed by atoms with Crippen LogP contribution in [0.25, 0.3) is 0 Å². The first-order chi connectivity index (χ1) is 9.69. The number of hydrogen-bond acceptors (Lipinski definition) is 5. The molecule has 0 bridgehead atoms. The molecule has 1 atom stereocenters. The third-order valence-corrected chi connectivity index (χ3v) is 3.12. The van der Waals surface area contributed by atoms with E-state index in [1.54, 1.807) is 20.4 Å². The minimum atomic E-state index is -0.0797. The molecular formula is C15H19N3O2. The molecule has 1 N–H and O–H groups in total. The molecule has 5 nitrogen and oxygen atoms in total. The monoisotopic (exact) mass is 273 g/mol. The Kier molecular flexibility index (Phi) is 4.53. The molecule has 0 saturated carbocycles. The van der Waals surface area contributed by atoms with Crippen molar-refractivity contribution >= 4 is 0 Å². The van der Waals surface area contributed by atoms with Crippen molar-refractivity contribution in [3.63, 3.8) is 0 Å². The Morgan fingerprint density at radius 1 is 1.10 bits per heavy atom. The molecule has 20 heavy (non-hydrogen) atoms. The van der Waals surface area contributed by atoms with Gasteiger partial charge in [0.1, 0.15) is 5.69 Å². The maximum absolute atomic E-state index is 5.32. The van der Waals surface area contributed by atoms with Crippen molar-refractivity contribution < 1.29 is 9.47 Å². The van der Waals surface area contributed by atoms with Crippen LogP contribution in [0.5, 0.6) is 11.8 Å². The highest BCUT2D eigenvalue weighted by atomic mass is 16.5. The standard InChI is InChI=1S/C15H19N3O2/c1-10-5-7-11(8-6-10)13(16-2)14-15(20-4)18-12(19-3)9-17-14/h5-9,13,16H,1-4H3. The molecule has 0 radical (unpaired) electrons. The third-order valence-electron chi connectivity index (χ3n) is 3.12. The van der Waals surface area contributed by atoms with E-state index in [1.807, 2.05) is 7.05 Å². The van der Waals surface area contributed by atoms with Crippen molar-refractivity contribution in [2.24, 2.45) is 0 Å². The van der Waals surface area contributed by atoms with Gasteiger partial charge >= 0.3 is 0 Å². The second-order valence-corrected chi connectivity index (χ2v) is 4.44. The van der Waals surface area contributed by atoms with Crippen LogP contribution in [0.4, 0.5) is 0 Å². The average Bonchev–Trinajstić information content (AvgIpc) is 2.50. The van der Waals surface area contributed by atoms with Crippen molar-refractivity contribution in [2.75, 3.05) is 21.3 Å². The molecule has 2 aromatic rings. The fourth-order valence-electron chi connectivity index (χ4n) is 2.03. The summed E-state index contributed by atoms with van der Waals surface area (Å²) in [5.74, 6) is 0.897. The highest BCUT2D eigenvalue weighted by Crippen LogP contribution is 2.28. The third kappa shape index (κ3) is 2.88. The summed E-state index contributed by atoms with van der Waals surface area (Å²) in [4.78, 5) is 8.69. The Morgan fingerprint density at radius 3 is 2.35 bits per heavy atom. The molecule has 5 heteroatoms. The summed E-state index contributed by atoms with van der Waals surface area (Å²) in [6.45, 7) is 2.06. The van der Waals surface area contributed by atoms with Crippen LogP contribution in [0.2, 0.25) is 0 Å². The van der Waals surface area contributed by atoms with Gasteiger partial charge in [0.15, 0.2) is 0 Å². The first-order valence-corrected chi connectivity index (χ1v) is 6.38. The average molecular weight is 273 g/mol. The lowest BCUT2D eigenvalue weighted by atomic mass is 10.0. The Bertz CT molecular complexity index is 570. The second kappa shape index (κ2) is 6.34. The summed E-state index contributed by atoms with van der Waals surface area (Å²) < 4.78 is 10.4. The zero-order chi connectivity index (χ0) is 14.5. The van der Waals surface area contributed by atoms with Crippen molar-refractivity contribution in [1.82, 2.24) is 15.3 Å². The molecule has 0 fully saturated rings. The Balaban J connectivity index is 2.43. The van der Waals surface area contributed by atoms with E-state index in [1.165, 1.54) is 5.56 Å². The number of nitrogens with zero attached hydrogens (tertiary/aromatic N) is 2. The van der Waals surface area contributed by atoms with Gasteiger partial charge < -0.3 is 14.8 Å². The highest BCUT2D eigenvalue weighted by molar-refractivity contribution is 5.35. The van der Waals surface area contributed by atoms with Crippen molar-refractivity contribution in [1.29, 1.82) is 0 Å². The van der Waals surface area contributed by atoms with Gasteiger partial charge in [-0.3, -0.25) is 0 Å². The summed E-state index contributed by atoms with van der Waals surface area (Å²) in [6.07, 6.45) is 1.59. The van der Waals surface area contributed by atoms with E-state index < -0.39 is 0 Å². The molecule has 106 valence electrons. The van der Waals surface area contributed by atoms with Crippen molar-refractivity contribution in [2.45, 2.75) is 13.0 Å². The van der Waals surface area contributed by atoms with Gasteiger partial charge in [-0.15, -0.1) is 0 Å². The topological polar surface area (TPSA) is 56.3 Å². The Labute approximate surface area is 119 Å². The molecule has 1 aromatic heterocycles. The molecule has 1 aromatic carbocycles. The van der Waals surface area contributed by atoms with E-state index in [0.717, 1.165) is 11.3 Å². The van der Waals surface area contributed by atoms with E-state index in [-0.39, 0.29) is 6.04 Å². The van der Waals surface area contributed by atoms with E-state index in [4.69, 9.17) is 9.47 Å². The second-order valence-electron chi connectivity index (χ2n) is 4.44. The zero-order valence-electron chi connectivity index (χ0n) is 12.2. The fraction of sp³-hybridized carbons (Fsp3) is 0.333. The van der Waals surface area contributed by atoms with Crippen LogP contribution in [0.3, 0.4) is 0 Å². The zero-order valence-corrected chi connectivity index (χ0v) is 12.2. The first-order valence-electron chi connectivity index (χ1n) is 6.38. The van der Waals surface area contributed by atoms with Crippen molar-refractivity contribution in [3.8, 4) is 11.8 Å². The molecule has 0 saturated heterocycles. The van der Waals surface area contributed by atoms with Crippen LogP contribution in [-0.2, 0) is 0 Å². The van der Waals surface area contributed by atoms with Crippen LogP contribution in [0, 0.1) is 6.92 Å². The Morgan fingerprint density at radius 2 is 1.80 bits per heavy atom. The van der Waals surface area contributed by atoms with Gasteiger partial charge in [-0.2, -0.15) is 4.98 Å². The molecule has 1 unspecified atom stereocenters. The van der Waals surface area contributed by atoms with Crippen LogP contribution >= 0.6 is 0 Å². The largest absolute Gasteiger partial charge is 0.480 e. The fourth-order valence-corrected chi connectivity index (χ4v) is 2.03. The molecule has 0 spiro atoms. The molecule has 0 aliphatic heterocycles. The lowest BCUT2D eigenvalue weighted by Crippen LogP contribution is -2.20. The lowest BCUT2D eigenvalue weighted by molar-refractivity contribution is 0.353. The predicted octanol–water partition coefficient (Wildman–Crippen LogP) is 2.11. The van der Waals surface area contributed by atoms with Crippen LogP contribution < -0.4 is 14.8 Å². The van der Waals surface area contributed by atoms with Gasteiger partial charge in [-0.25, -0.2) is 4.98 Å². The predicted molar refractivity (Wildman–Crippen MR) is 77.2 cm³/mol. The quantitative estimate of drug-likeness (QED) is 0.904. The molecule has 1 heterocycles. The number of nitrogens with one attached hydrogen (secondary N) is 1. The summed E-state index contributed by atoms with van der Waals surface area (Å²) in [6, 6.07) is 8.21. The molecular weight excluding hydrogens is 254 g/mol. The summed E-state index contributed by atoms with van der Waals surface area (Å²) in [5, 5.41) is 3.24. The SMILES string of the molecule is CNC(c1ccc(C)cc1)c1ncc(OC)nc1OC. The smallest absolute Gasteiger partial charge is 0.240 e. The summed E-state index contributed by atoms with van der Waals surface area (Å²) >= 11 is 0. The number of ether oxygens (including phenoxy) is 2. The van der Waals surface area contributed by atoms with Crippen LogP contribution in [0.15, 0.2) is 30.5 Å². The Hall–Kier alpha value is -2.14. The van der Waals surface area contributed by atoms with Crippen LogP contribution in [0.1, 0.15) is 22.9 Å². The normalized spacial score (nSPS) is 12.0.